The topological polar surface area (TPSA) is 90.5 Å². The lowest BCUT2D eigenvalue weighted by molar-refractivity contribution is -0.0675. The zero-order valence-electron chi connectivity index (χ0n) is 11.5. The fraction of sp³-hybridized carbons (Fsp3) is 0.333. The molecule has 4 rings (SSSR count). The van der Waals surface area contributed by atoms with E-state index in [-0.39, 0.29) is 11.9 Å². The Kier molecular flexibility index (Phi) is 2.63. The molecule has 2 aliphatic heterocycles. The van der Waals surface area contributed by atoms with Crippen LogP contribution in [0.1, 0.15) is 23.0 Å². The monoisotopic (exact) mass is 285 g/mol. The van der Waals surface area contributed by atoms with E-state index in [2.05, 4.69) is 10.2 Å². The minimum Gasteiger partial charge on any atom is -0.507 e. The van der Waals surface area contributed by atoms with Crippen LogP contribution in [-0.4, -0.2) is 28.0 Å². The number of hydrogen-bond donors (Lipinski definition) is 2. The van der Waals surface area contributed by atoms with E-state index in [1.165, 1.54) is 0 Å². The van der Waals surface area contributed by atoms with Gasteiger partial charge in [-0.1, -0.05) is 6.07 Å². The van der Waals surface area contributed by atoms with E-state index in [0.717, 1.165) is 16.7 Å². The van der Waals surface area contributed by atoms with Crippen LogP contribution in [0.2, 0.25) is 0 Å². The summed E-state index contributed by atoms with van der Waals surface area (Å²) in [4.78, 5) is 0. The van der Waals surface area contributed by atoms with E-state index in [0.29, 0.717) is 30.1 Å². The van der Waals surface area contributed by atoms with Crippen molar-refractivity contribution in [2.75, 3.05) is 12.3 Å². The van der Waals surface area contributed by atoms with Crippen LogP contribution in [0.4, 0.5) is 5.82 Å². The van der Waals surface area contributed by atoms with Crippen LogP contribution in [0, 0.1) is 6.92 Å². The van der Waals surface area contributed by atoms with Gasteiger partial charge in [-0.05, 0) is 24.6 Å². The summed E-state index contributed by atoms with van der Waals surface area (Å²) in [6.45, 7) is 2.46. The van der Waals surface area contributed by atoms with Gasteiger partial charge < -0.3 is 20.3 Å². The molecule has 2 unspecified atom stereocenters. The first-order chi connectivity index (χ1) is 10.1. The quantitative estimate of drug-likeness (QED) is 0.829. The number of aromatic hydroxyl groups is 1. The van der Waals surface area contributed by atoms with Crippen LogP contribution < -0.4 is 5.73 Å². The Balaban J connectivity index is 1.95. The smallest absolute Gasteiger partial charge is 0.186 e. The second kappa shape index (κ2) is 4.41. The van der Waals surface area contributed by atoms with Gasteiger partial charge in [-0.25, -0.2) is 0 Å². The van der Waals surface area contributed by atoms with E-state index in [1.54, 1.807) is 6.07 Å². The van der Waals surface area contributed by atoms with Gasteiger partial charge in [-0.3, -0.25) is 0 Å². The summed E-state index contributed by atoms with van der Waals surface area (Å²) < 4.78 is 11.4. The zero-order valence-corrected chi connectivity index (χ0v) is 11.5. The molecule has 1 saturated heterocycles. The highest BCUT2D eigenvalue weighted by molar-refractivity contribution is 5.73. The third kappa shape index (κ3) is 1.87. The first kappa shape index (κ1) is 12.6. The number of aromatic nitrogens is 2. The van der Waals surface area contributed by atoms with Gasteiger partial charge in [0.15, 0.2) is 6.29 Å². The molecule has 2 aliphatic rings. The van der Waals surface area contributed by atoms with Crippen LogP contribution >= 0.6 is 0 Å². The molecule has 6 heteroatoms. The lowest BCUT2D eigenvalue weighted by Gasteiger charge is -2.24. The third-order valence-electron chi connectivity index (χ3n) is 3.97. The minimum absolute atomic E-state index is 0.0217. The van der Waals surface area contributed by atoms with Crippen LogP contribution in [0.5, 0.6) is 5.75 Å². The van der Waals surface area contributed by atoms with Crippen molar-refractivity contribution in [1.82, 2.24) is 10.2 Å². The van der Waals surface area contributed by atoms with Crippen LogP contribution in [-0.2, 0) is 15.9 Å². The Labute approximate surface area is 121 Å². The number of ether oxygens (including phenoxy) is 2. The highest BCUT2D eigenvalue weighted by Crippen LogP contribution is 2.43. The van der Waals surface area contributed by atoms with Gasteiger partial charge in [0.1, 0.15) is 17.3 Å². The number of benzene rings is 1. The van der Waals surface area contributed by atoms with Crippen molar-refractivity contribution in [3.8, 4) is 17.0 Å². The van der Waals surface area contributed by atoms with Crippen LogP contribution in [0.15, 0.2) is 18.2 Å². The molecule has 6 nitrogen and oxygen atoms in total. The van der Waals surface area contributed by atoms with E-state index in [4.69, 9.17) is 15.2 Å². The van der Waals surface area contributed by atoms with Gasteiger partial charge in [-0.15, -0.1) is 10.2 Å². The number of hydrogen-bond acceptors (Lipinski definition) is 6. The lowest BCUT2D eigenvalue weighted by atomic mass is 9.95. The molecule has 0 aliphatic carbocycles. The van der Waals surface area contributed by atoms with Gasteiger partial charge >= 0.3 is 0 Å². The lowest BCUT2D eigenvalue weighted by Crippen LogP contribution is -2.22. The van der Waals surface area contributed by atoms with Crippen molar-refractivity contribution in [2.24, 2.45) is 0 Å². The molecular formula is C15H15N3O3. The van der Waals surface area contributed by atoms with Crippen molar-refractivity contribution >= 4 is 5.82 Å². The van der Waals surface area contributed by atoms with Crippen molar-refractivity contribution in [3.63, 3.8) is 0 Å². The first-order valence-corrected chi connectivity index (χ1v) is 6.85. The average molecular weight is 285 g/mol. The molecule has 0 saturated carbocycles. The molecule has 0 radical (unpaired) electrons. The molecule has 0 amide bonds. The van der Waals surface area contributed by atoms with Gasteiger partial charge in [0.05, 0.1) is 12.7 Å². The van der Waals surface area contributed by atoms with E-state index < -0.39 is 6.29 Å². The summed E-state index contributed by atoms with van der Waals surface area (Å²) >= 11 is 0. The maximum Gasteiger partial charge on any atom is 0.186 e. The predicted molar refractivity (Wildman–Crippen MR) is 75.6 cm³/mol. The molecule has 21 heavy (non-hydrogen) atoms. The second-order valence-corrected chi connectivity index (χ2v) is 5.47. The summed E-state index contributed by atoms with van der Waals surface area (Å²) in [5, 5.41) is 18.4. The minimum atomic E-state index is -0.479. The van der Waals surface area contributed by atoms with Gasteiger partial charge in [0, 0.05) is 23.1 Å². The molecule has 3 N–H and O–H groups in total. The number of rotatable bonds is 1. The van der Waals surface area contributed by atoms with Gasteiger partial charge in [0.2, 0.25) is 0 Å². The Bertz CT molecular complexity index is 732. The number of aryl methyl sites for hydroxylation is 1. The molecule has 2 aromatic rings. The largest absolute Gasteiger partial charge is 0.507 e. The fourth-order valence-corrected chi connectivity index (χ4v) is 2.94. The second-order valence-electron chi connectivity index (χ2n) is 5.47. The number of nitrogen functional groups attached to an aromatic ring is 1. The van der Waals surface area contributed by atoms with E-state index in [1.807, 2.05) is 19.1 Å². The highest BCUT2D eigenvalue weighted by Gasteiger charge is 2.39. The molecule has 3 heterocycles. The molecule has 1 aromatic carbocycles. The summed E-state index contributed by atoms with van der Waals surface area (Å²) in [5.74, 6) is 0.570. The SMILES string of the molecule is Cc1ccc(-c2nnc(N)c3c2C2OCC(C3)O2)c(O)c1. The molecule has 1 fully saturated rings. The average Bonchev–Trinajstić information content (AvgIpc) is 2.83. The molecule has 0 spiro atoms. The Morgan fingerprint density at radius 2 is 2.19 bits per heavy atom. The van der Waals surface area contributed by atoms with Crippen molar-refractivity contribution < 1.29 is 14.6 Å². The molecule has 108 valence electrons. The number of phenols is 1. The number of anilines is 1. The summed E-state index contributed by atoms with van der Waals surface area (Å²) in [7, 11) is 0. The third-order valence-corrected chi connectivity index (χ3v) is 3.97. The van der Waals surface area contributed by atoms with Gasteiger partial charge in [-0.2, -0.15) is 0 Å². The van der Waals surface area contributed by atoms with Crippen molar-refractivity contribution in [1.29, 1.82) is 0 Å². The van der Waals surface area contributed by atoms with Crippen LogP contribution in [0.3, 0.4) is 0 Å². The zero-order chi connectivity index (χ0) is 14.6. The first-order valence-electron chi connectivity index (χ1n) is 6.85. The number of nitrogens with zero attached hydrogens (tertiary/aromatic N) is 2. The molecular weight excluding hydrogens is 270 g/mol. The van der Waals surface area contributed by atoms with Crippen LogP contribution in [0.25, 0.3) is 11.3 Å². The Morgan fingerprint density at radius 1 is 1.33 bits per heavy atom. The number of fused-ring (bicyclic) bond motifs is 4. The summed E-state index contributed by atoms with van der Waals surface area (Å²) in [6.07, 6.45) is 0.202. The standard InChI is InChI=1S/C15H15N3O3/c1-7-2-3-9(11(19)4-7)13-12-10(14(16)18-17-13)5-8-6-20-15(12)21-8/h2-4,8,15,19H,5-6H2,1H3,(H2,16,18). The Hall–Kier alpha value is -2.18. The van der Waals surface area contributed by atoms with E-state index >= 15 is 0 Å². The molecule has 2 bridgehead atoms. The Morgan fingerprint density at radius 3 is 3.00 bits per heavy atom. The molecule has 1 aromatic heterocycles. The number of phenolic OH excluding ortho intramolecular Hbond substituents is 1. The predicted octanol–water partition coefficient (Wildman–Crippen LogP) is 1.71. The maximum atomic E-state index is 10.2. The fourth-order valence-electron chi connectivity index (χ4n) is 2.94. The van der Waals surface area contributed by atoms with Crippen molar-refractivity contribution in [2.45, 2.75) is 25.7 Å². The normalized spacial score (nSPS) is 23.1. The van der Waals surface area contributed by atoms with Gasteiger partial charge in [0.25, 0.3) is 0 Å². The highest BCUT2D eigenvalue weighted by atomic mass is 16.7. The molecule has 2 atom stereocenters. The van der Waals surface area contributed by atoms with E-state index in [9.17, 15) is 5.11 Å². The number of nitrogens with two attached hydrogens (primary N) is 1. The summed E-state index contributed by atoms with van der Waals surface area (Å²) in [6, 6.07) is 5.44. The van der Waals surface area contributed by atoms with Crippen molar-refractivity contribution in [3.05, 3.63) is 34.9 Å². The maximum absolute atomic E-state index is 10.2. The summed E-state index contributed by atoms with van der Waals surface area (Å²) in [5.41, 5.74) is 9.82.